The van der Waals surface area contributed by atoms with Crippen LogP contribution in [-0.4, -0.2) is 22.5 Å². The van der Waals surface area contributed by atoms with Crippen LogP contribution in [0.4, 0.5) is 13.2 Å². The largest absolute Gasteiger partial charge is 0.455 e. The number of carbonyl (C=O) groups is 1. The van der Waals surface area contributed by atoms with Crippen LogP contribution in [0.1, 0.15) is 22.5 Å². The van der Waals surface area contributed by atoms with E-state index in [1.54, 1.807) is 12.1 Å². The topological polar surface area (TPSA) is 67.0 Å². The van der Waals surface area contributed by atoms with E-state index in [0.29, 0.717) is 17.1 Å². The molecule has 164 valence electrons. The van der Waals surface area contributed by atoms with Crippen molar-refractivity contribution in [2.75, 3.05) is 0 Å². The van der Waals surface area contributed by atoms with Gasteiger partial charge in [-0.2, -0.15) is 18.3 Å². The summed E-state index contributed by atoms with van der Waals surface area (Å²) in [6, 6.07) is 16.5. The van der Waals surface area contributed by atoms with E-state index in [1.165, 1.54) is 12.3 Å². The Bertz CT molecular complexity index is 1180. The van der Waals surface area contributed by atoms with E-state index in [-0.39, 0.29) is 17.5 Å². The molecule has 0 aliphatic carbocycles. The van der Waals surface area contributed by atoms with Crippen molar-refractivity contribution in [3.8, 4) is 11.3 Å². The molecule has 3 aromatic rings. The molecule has 32 heavy (non-hydrogen) atoms. The third-order valence-corrected chi connectivity index (χ3v) is 5.82. The molecule has 1 aromatic heterocycles. The number of thioether (sulfide) groups is 1. The summed E-state index contributed by atoms with van der Waals surface area (Å²) in [5, 5.41) is 10.2. The van der Waals surface area contributed by atoms with E-state index in [0.717, 1.165) is 35.0 Å². The number of amidine groups is 1. The molecule has 1 aliphatic heterocycles. The molecular formula is C23H18F3N3O2S. The highest BCUT2D eigenvalue weighted by Crippen LogP contribution is 2.31. The number of nitrogens with one attached hydrogen (secondary N) is 1. The van der Waals surface area contributed by atoms with Gasteiger partial charge in [-0.1, -0.05) is 59.8 Å². The SMILES string of the molecule is Cc1ccc(-c2ccc(/C=N/N=C3/NC(=O)[C@@H](Cc4cccc(C(F)(F)F)c4)S3)o2)cc1. The zero-order valence-corrected chi connectivity index (χ0v) is 17.7. The summed E-state index contributed by atoms with van der Waals surface area (Å²) in [6.45, 7) is 2.01. The van der Waals surface area contributed by atoms with Crippen molar-refractivity contribution in [2.45, 2.75) is 24.8 Å². The van der Waals surface area contributed by atoms with Crippen molar-refractivity contribution >= 4 is 29.1 Å². The highest BCUT2D eigenvalue weighted by molar-refractivity contribution is 8.15. The van der Waals surface area contributed by atoms with Crippen LogP contribution in [0.25, 0.3) is 11.3 Å². The molecule has 1 atom stereocenters. The number of amides is 1. The van der Waals surface area contributed by atoms with Crippen molar-refractivity contribution < 1.29 is 22.4 Å². The van der Waals surface area contributed by atoms with Crippen LogP contribution >= 0.6 is 11.8 Å². The number of alkyl halides is 3. The molecule has 1 saturated heterocycles. The molecule has 2 aromatic carbocycles. The third-order valence-electron chi connectivity index (χ3n) is 4.75. The molecule has 1 N–H and O–H groups in total. The van der Waals surface area contributed by atoms with E-state index in [2.05, 4.69) is 15.5 Å². The molecule has 0 radical (unpaired) electrons. The van der Waals surface area contributed by atoms with Gasteiger partial charge in [0.05, 0.1) is 17.0 Å². The summed E-state index contributed by atoms with van der Waals surface area (Å²) in [7, 11) is 0. The molecular weight excluding hydrogens is 439 g/mol. The van der Waals surface area contributed by atoms with Gasteiger partial charge in [-0.15, -0.1) is 5.10 Å². The Kier molecular flexibility index (Phi) is 6.18. The molecule has 5 nitrogen and oxygen atoms in total. The van der Waals surface area contributed by atoms with Gasteiger partial charge in [-0.05, 0) is 37.1 Å². The predicted molar refractivity (Wildman–Crippen MR) is 119 cm³/mol. The summed E-state index contributed by atoms with van der Waals surface area (Å²) in [4.78, 5) is 12.2. The first kappa shape index (κ1) is 21.9. The highest BCUT2D eigenvalue weighted by atomic mass is 32.2. The van der Waals surface area contributed by atoms with Crippen LogP contribution < -0.4 is 5.32 Å². The van der Waals surface area contributed by atoms with Crippen LogP contribution in [0.15, 0.2) is 75.3 Å². The maximum absolute atomic E-state index is 12.9. The lowest BCUT2D eigenvalue weighted by Gasteiger charge is -2.10. The van der Waals surface area contributed by atoms with Gasteiger partial charge in [0, 0.05) is 5.56 Å². The quantitative estimate of drug-likeness (QED) is 0.410. The van der Waals surface area contributed by atoms with Gasteiger partial charge in [0.1, 0.15) is 11.5 Å². The fourth-order valence-corrected chi connectivity index (χ4v) is 4.07. The minimum Gasteiger partial charge on any atom is -0.455 e. The Morgan fingerprint density at radius 3 is 2.66 bits per heavy atom. The molecule has 1 amide bonds. The average molecular weight is 457 g/mol. The second kappa shape index (κ2) is 9.04. The van der Waals surface area contributed by atoms with Gasteiger partial charge in [0.15, 0.2) is 5.17 Å². The second-order valence-electron chi connectivity index (χ2n) is 7.22. The Morgan fingerprint density at radius 2 is 1.91 bits per heavy atom. The molecule has 0 unspecified atom stereocenters. The van der Waals surface area contributed by atoms with E-state index < -0.39 is 17.0 Å². The van der Waals surface area contributed by atoms with E-state index in [4.69, 9.17) is 4.42 Å². The van der Waals surface area contributed by atoms with Crippen LogP contribution in [-0.2, 0) is 17.4 Å². The number of rotatable bonds is 5. The number of aryl methyl sites for hydroxylation is 1. The highest BCUT2D eigenvalue weighted by Gasteiger charge is 2.33. The van der Waals surface area contributed by atoms with Crippen LogP contribution in [0.2, 0.25) is 0 Å². The summed E-state index contributed by atoms with van der Waals surface area (Å²) >= 11 is 1.13. The normalized spacial score (nSPS) is 17.9. The molecule has 0 spiro atoms. The minimum atomic E-state index is -4.42. The minimum absolute atomic E-state index is 0.154. The number of hydrogen-bond donors (Lipinski definition) is 1. The zero-order valence-electron chi connectivity index (χ0n) is 16.9. The number of hydrogen-bond acceptors (Lipinski definition) is 5. The first-order valence-electron chi connectivity index (χ1n) is 9.69. The monoisotopic (exact) mass is 457 g/mol. The third kappa shape index (κ3) is 5.28. The fourth-order valence-electron chi connectivity index (χ4n) is 3.11. The average Bonchev–Trinajstić information content (AvgIpc) is 3.35. The smallest absolute Gasteiger partial charge is 0.416 e. The van der Waals surface area contributed by atoms with E-state index >= 15 is 0 Å². The summed E-state index contributed by atoms with van der Waals surface area (Å²) < 4.78 is 44.4. The number of halogens is 3. The maximum Gasteiger partial charge on any atom is 0.416 e. The Hall–Kier alpha value is -3.33. The summed E-state index contributed by atoms with van der Waals surface area (Å²) in [6.07, 6.45) is -2.84. The van der Waals surface area contributed by atoms with Gasteiger partial charge in [-0.25, -0.2) is 0 Å². The van der Waals surface area contributed by atoms with Crippen LogP contribution in [0.3, 0.4) is 0 Å². The number of nitrogens with zero attached hydrogens (tertiary/aromatic N) is 2. The molecule has 0 saturated carbocycles. The van der Waals surface area contributed by atoms with Crippen molar-refractivity contribution in [1.82, 2.24) is 5.32 Å². The first-order valence-corrected chi connectivity index (χ1v) is 10.6. The Labute approximate surface area is 186 Å². The first-order chi connectivity index (χ1) is 15.3. The maximum atomic E-state index is 12.9. The van der Waals surface area contributed by atoms with Gasteiger partial charge in [0.25, 0.3) is 0 Å². The zero-order chi connectivity index (χ0) is 22.7. The van der Waals surface area contributed by atoms with Gasteiger partial charge in [-0.3, -0.25) is 4.79 Å². The van der Waals surface area contributed by atoms with Gasteiger partial charge < -0.3 is 9.73 Å². The predicted octanol–water partition coefficient (Wildman–Crippen LogP) is 5.44. The van der Waals surface area contributed by atoms with E-state index in [9.17, 15) is 18.0 Å². The molecule has 9 heteroatoms. The fraction of sp³-hybridized carbons (Fsp3) is 0.174. The lowest BCUT2D eigenvalue weighted by molar-refractivity contribution is -0.137. The molecule has 1 aliphatic rings. The summed E-state index contributed by atoms with van der Waals surface area (Å²) in [5.74, 6) is 0.879. The lowest BCUT2D eigenvalue weighted by Crippen LogP contribution is -2.26. The van der Waals surface area contributed by atoms with Crippen LogP contribution in [0.5, 0.6) is 0 Å². The molecule has 4 rings (SSSR count). The lowest BCUT2D eigenvalue weighted by atomic mass is 10.1. The van der Waals surface area contributed by atoms with Gasteiger partial charge in [0.2, 0.25) is 5.91 Å². The summed E-state index contributed by atoms with van der Waals surface area (Å²) in [5.41, 5.74) is 1.79. The van der Waals surface area contributed by atoms with Gasteiger partial charge >= 0.3 is 6.18 Å². The van der Waals surface area contributed by atoms with Crippen molar-refractivity contribution in [3.63, 3.8) is 0 Å². The molecule has 0 bridgehead atoms. The Morgan fingerprint density at radius 1 is 1.12 bits per heavy atom. The Balaban J connectivity index is 1.38. The molecule has 1 fully saturated rings. The van der Waals surface area contributed by atoms with Crippen molar-refractivity contribution in [1.29, 1.82) is 0 Å². The second-order valence-corrected chi connectivity index (χ2v) is 8.41. The number of furan rings is 1. The standard InChI is InChI=1S/C23H18F3N3O2S/c1-14-5-7-16(8-6-14)19-10-9-18(31-19)13-27-29-22-28-21(30)20(32-22)12-15-3-2-4-17(11-15)23(24,25)26/h2-11,13,20H,12H2,1H3,(H,28,29,30)/b27-13+/t20-/m1/s1. The van der Waals surface area contributed by atoms with Crippen molar-refractivity contribution in [3.05, 3.63) is 83.1 Å². The van der Waals surface area contributed by atoms with Crippen molar-refractivity contribution in [2.24, 2.45) is 10.2 Å². The van der Waals surface area contributed by atoms with E-state index in [1.807, 2.05) is 37.3 Å². The number of benzene rings is 2. The molecule has 2 heterocycles. The number of carbonyl (C=O) groups excluding carboxylic acids is 1. The van der Waals surface area contributed by atoms with Crippen LogP contribution in [0, 0.1) is 6.92 Å².